The van der Waals surface area contributed by atoms with Gasteiger partial charge in [0, 0.05) is 5.39 Å². The molecule has 0 saturated heterocycles. The predicted molar refractivity (Wildman–Crippen MR) is 56.5 cm³/mol. The molecule has 4 nitrogen and oxygen atoms in total. The maximum Gasteiger partial charge on any atom is 1.00 e. The van der Waals surface area contributed by atoms with Crippen LogP contribution < -0.4 is 29.6 Å². The molecular weight excluding hydrogens is 239 g/mol. The Balaban J connectivity index is 0.00000128. The van der Waals surface area contributed by atoms with Gasteiger partial charge in [0.05, 0.1) is 0 Å². The number of hydrogen-bond acceptors (Lipinski definition) is 3. The summed E-state index contributed by atoms with van der Waals surface area (Å²) in [5.74, 6) is -0.421. The van der Waals surface area contributed by atoms with Gasteiger partial charge in [-0.1, -0.05) is 30.3 Å². The Morgan fingerprint density at radius 1 is 1.06 bits per heavy atom. The predicted octanol–water partition coefficient (Wildman–Crippen LogP) is -1.09. The summed E-state index contributed by atoms with van der Waals surface area (Å²) in [6.07, 6.45) is 0. The van der Waals surface area contributed by atoms with Gasteiger partial charge in [-0.05, 0) is 11.5 Å². The third kappa shape index (κ3) is 2.39. The summed E-state index contributed by atoms with van der Waals surface area (Å²) in [6, 6.07) is 9.47. The summed E-state index contributed by atoms with van der Waals surface area (Å²) in [6.45, 7) is 0. The van der Waals surface area contributed by atoms with E-state index in [-0.39, 0.29) is 31.0 Å². The normalized spacial score (nSPS) is 11.1. The van der Waals surface area contributed by atoms with Gasteiger partial charge < -0.3 is 6.53 Å². The van der Waals surface area contributed by atoms with Crippen LogP contribution in [0.1, 0.15) is 1.43 Å². The molecule has 80 valence electrons. The van der Waals surface area contributed by atoms with Crippen LogP contribution in [0.3, 0.4) is 0 Å². The summed E-state index contributed by atoms with van der Waals surface area (Å²) in [7, 11) is -4.37. The largest absolute Gasteiger partial charge is 1.00 e. The second-order valence-electron chi connectivity index (χ2n) is 3.11. The Morgan fingerprint density at radius 2 is 1.69 bits per heavy atom. The molecule has 0 atom stereocenters. The van der Waals surface area contributed by atoms with Crippen molar-refractivity contribution < 1.29 is 49.1 Å². The fourth-order valence-electron chi connectivity index (χ4n) is 1.44. The molecule has 0 bridgehead atoms. The first-order valence-corrected chi connectivity index (χ1v) is 5.62. The third-order valence-corrected chi connectivity index (χ3v) is 3.03. The molecule has 0 saturated carbocycles. The molecule has 2 rings (SSSR count). The van der Waals surface area contributed by atoms with E-state index < -0.39 is 20.8 Å². The molecule has 0 aromatic heterocycles. The Bertz CT molecular complexity index is 627. The minimum Gasteiger partial charge on any atom is -1.00 e. The number of phenols is 1. The quantitative estimate of drug-likeness (QED) is 0.496. The molecule has 0 unspecified atom stereocenters. The standard InChI is InChI=1S/C10H8O4S.Na.H/c11-10-8-4-2-1-3-7(8)5-6-9(10)15(12,13)14;;/h1-6,11H,(H,12,13,14);;/q;+1;-1. The molecule has 0 aliphatic carbocycles. The van der Waals surface area contributed by atoms with E-state index in [0.29, 0.717) is 10.8 Å². The van der Waals surface area contributed by atoms with Gasteiger partial charge in [-0.25, -0.2) is 0 Å². The van der Waals surface area contributed by atoms with Crippen molar-refractivity contribution in [3.05, 3.63) is 36.4 Å². The van der Waals surface area contributed by atoms with Crippen molar-refractivity contribution >= 4 is 20.9 Å². The molecule has 6 heteroatoms. The van der Waals surface area contributed by atoms with E-state index in [1.54, 1.807) is 24.3 Å². The molecule has 0 radical (unpaired) electrons. The number of fused-ring (bicyclic) bond motifs is 1. The Labute approximate surface area is 116 Å². The van der Waals surface area contributed by atoms with Gasteiger partial charge in [0.2, 0.25) is 0 Å². The van der Waals surface area contributed by atoms with Crippen molar-refractivity contribution in [1.82, 2.24) is 0 Å². The molecule has 0 aliphatic rings. The molecule has 0 amide bonds. The van der Waals surface area contributed by atoms with E-state index in [0.717, 1.165) is 0 Å². The van der Waals surface area contributed by atoms with Crippen LogP contribution in [0.15, 0.2) is 41.3 Å². The molecule has 2 aromatic carbocycles. The first-order valence-electron chi connectivity index (χ1n) is 4.18. The fourth-order valence-corrected chi connectivity index (χ4v) is 2.04. The Hall–Kier alpha value is -0.590. The van der Waals surface area contributed by atoms with E-state index in [2.05, 4.69) is 0 Å². The van der Waals surface area contributed by atoms with Crippen LogP contribution in [0.5, 0.6) is 5.75 Å². The second kappa shape index (κ2) is 4.73. The minimum atomic E-state index is -4.37. The van der Waals surface area contributed by atoms with E-state index in [9.17, 15) is 13.5 Å². The summed E-state index contributed by atoms with van der Waals surface area (Å²) in [5, 5.41) is 10.8. The molecule has 0 fully saturated rings. The SMILES string of the molecule is O=S(=O)(O)c1ccc2ccccc2c1O.[H-].[Na+]. The zero-order valence-electron chi connectivity index (χ0n) is 9.58. The summed E-state index contributed by atoms with van der Waals surface area (Å²) in [4.78, 5) is -0.471. The monoisotopic (exact) mass is 248 g/mol. The Kier molecular flexibility index (Phi) is 3.98. The van der Waals surface area contributed by atoms with Gasteiger partial charge >= 0.3 is 29.6 Å². The molecule has 2 N–H and O–H groups in total. The number of aromatic hydroxyl groups is 1. The van der Waals surface area contributed by atoms with Crippen molar-refractivity contribution in [2.24, 2.45) is 0 Å². The van der Waals surface area contributed by atoms with Crippen LogP contribution in [0.2, 0.25) is 0 Å². The number of phenolic OH excluding ortho intramolecular Hbond substituents is 1. The zero-order valence-corrected chi connectivity index (χ0v) is 11.4. The van der Waals surface area contributed by atoms with Gasteiger partial charge in [0.25, 0.3) is 10.1 Å². The summed E-state index contributed by atoms with van der Waals surface area (Å²) in [5.41, 5.74) is 0. The first kappa shape index (κ1) is 13.5. The average Bonchev–Trinajstić information content (AvgIpc) is 2.16. The van der Waals surface area contributed by atoms with Gasteiger partial charge in [-0.15, -0.1) is 0 Å². The maximum atomic E-state index is 10.9. The fraction of sp³-hybridized carbons (Fsp3) is 0. The number of benzene rings is 2. The molecular formula is C10H9NaO4S. The average molecular weight is 248 g/mol. The molecule has 2 aromatic rings. The van der Waals surface area contributed by atoms with E-state index in [1.165, 1.54) is 12.1 Å². The summed E-state index contributed by atoms with van der Waals surface area (Å²) >= 11 is 0. The number of rotatable bonds is 1. The second-order valence-corrected chi connectivity index (χ2v) is 4.50. The van der Waals surface area contributed by atoms with Crippen molar-refractivity contribution in [1.29, 1.82) is 0 Å². The van der Waals surface area contributed by atoms with Crippen molar-refractivity contribution in [2.45, 2.75) is 4.90 Å². The van der Waals surface area contributed by atoms with Crippen LogP contribution >= 0.6 is 0 Å². The third-order valence-electron chi connectivity index (χ3n) is 2.14. The Morgan fingerprint density at radius 3 is 2.31 bits per heavy atom. The van der Waals surface area contributed by atoms with E-state index >= 15 is 0 Å². The first-order chi connectivity index (χ1) is 7.00. The molecule has 0 spiro atoms. The van der Waals surface area contributed by atoms with Crippen molar-refractivity contribution in [2.75, 3.05) is 0 Å². The minimum absolute atomic E-state index is 0. The summed E-state index contributed by atoms with van der Waals surface area (Å²) < 4.78 is 30.6. The van der Waals surface area contributed by atoms with Crippen LogP contribution in [-0.2, 0) is 10.1 Å². The smallest absolute Gasteiger partial charge is 1.00 e. The van der Waals surface area contributed by atoms with E-state index in [1.807, 2.05) is 0 Å². The van der Waals surface area contributed by atoms with Gasteiger partial charge in [0.15, 0.2) is 0 Å². The van der Waals surface area contributed by atoms with Crippen LogP contribution in [0, 0.1) is 0 Å². The van der Waals surface area contributed by atoms with Crippen molar-refractivity contribution in [3.8, 4) is 5.75 Å². The van der Waals surface area contributed by atoms with E-state index in [4.69, 9.17) is 4.55 Å². The van der Waals surface area contributed by atoms with Gasteiger partial charge in [0.1, 0.15) is 10.6 Å². The van der Waals surface area contributed by atoms with Crippen molar-refractivity contribution in [3.63, 3.8) is 0 Å². The maximum absolute atomic E-state index is 10.9. The van der Waals surface area contributed by atoms with Gasteiger partial charge in [-0.2, -0.15) is 8.42 Å². The van der Waals surface area contributed by atoms with Crippen LogP contribution in [0.25, 0.3) is 10.8 Å². The van der Waals surface area contributed by atoms with Crippen LogP contribution in [-0.4, -0.2) is 18.1 Å². The number of hydrogen-bond donors (Lipinski definition) is 2. The van der Waals surface area contributed by atoms with Gasteiger partial charge in [-0.3, -0.25) is 4.55 Å². The molecule has 0 aliphatic heterocycles. The van der Waals surface area contributed by atoms with Crippen LogP contribution in [0.4, 0.5) is 0 Å². The molecule has 16 heavy (non-hydrogen) atoms. The molecule has 0 heterocycles. The topological polar surface area (TPSA) is 74.6 Å². The zero-order chi connectivity index (χ0) is 11.1.